The van der Waals surface area contributed by atoms with Crippen molar-refractivity contribution in [3.8, 4) is 0 Å². The Morgan fingerprint density at radius 1 is 1.31 bits per heavy atom. The van der Waals surface area contributed by atoms with Crippen molar-refractivity contribution in [3.05, 3.63) is 29.8 Å². The molecule has 1 atom stereocenters. The quantitative estimate of drug-likeness (QED) is 0.505. The van der Waals surface area contributed by atoms with Crippen molar-refractivity contribution in [2.24, 2.45) is 5.92 Å². The molecule has 148 valence electrons. The second-order valence-corrected chi connectivity index (χ2v) is 7.98. The minimum atomic E-state index is -3.52. The Hall–Kier alpha value is -1.19. The fraction of sp³-hybridized carbons (Fsp3) is 0.588. The molecule has 0 aromatic heterocycles. The van der Waals surface area contributed by atoms with Crippen LogP contribution in [0.25, 0.3) is 0 Å². The molecule has 0 spiro atoms. The number of carbonyl (C=O) groups excluding carboxylic acids is 1. The van der Waals surface area contributed by atoms with Gasteiger partial charge in [-0.15, -0.1) is 12.4 Å². The fourth-order valence-electron chi connectivity index (χ4n) is 2.73. The van der Waals surface area contributed by atoms with Crippen LogP contribution in [0.2, 0.25) is 0 Å². The molecular formula is C17H28ClN3O4S. The lowest BCUT2D eigenvalue weighted by molar-refractivity contribution is -0.121. The summed E-state index contributed by atoms with van der Waals surface area (Å²) >= 11 is 0. The van der Waals surface area contributed by atoms with Gasteiger partial charge in [-0.05, 0) is 49.5 Å². The number of nitrogens with one attached hydrogen (secondary N) is 3. The Morgan fingerprint density at radius 2 is 2.04 bits per heavy atom. The van der Waals surface area contributed by atoms with Crippen molar-refractivity contribution >= 4 is 28.3 Å². The van der Waals surface area contributed by atoms with E-state index in [2.05, 4.69) is 15.4 Å². The third-order valence-electron chi connectivity index (χ3n) is 4.26. The van der Waals surface area contributed by atoms with E-state index in [9.17, 15) is 13.2 Å². The van der Waals surface area contributed by atoms with Gasteiger partial charge in [-0.3, -0.25) is 4.79 Å². The number of carbonyl (C=O) groups is 1. The Balaban J connectivity index is 0.00000338. The molecule has 0 bridgehead atoms. The van der Waals surface area contributed by atoms with Gasteiger partial charge in [-0.1, -0.05) is 12.1 Å². The second-order valence-electron chi connectivity index (χ2n) is 6.21. The lowest BCUT2D eigenvalue weighted by atomic mass is 10.0. The van der Waals surface area contributed by atoms with E-state index < -0.39 is 10.0 Å². The zero-order valence-electron chi connectivity index (χ0n) is 15.0. The number of sulfonamides is 1. The molecule has 1 saturated heterocycles. The number of methoxy groups -OCH3 is 1. The van der Waals surface area contributed by atoms with E-state index in [1.54, 1.807) is 24.3 Å². The number of rotatable bonds is 10. The van der Waals surface area contributed by atoms with E-state index in [0.717, 1.165) is 31.5 Å². The summed E-state index contributed by atoms with van der Waals surface area (Å²) in [5.41, 5.74) is 0.867. The summed E-state index contributed by atoms with van der Waals surface area (Å²) in [7, 11) is -2.01. The molecule has 0 aliphatic carbocycles. The second kappa shape index (κ2) is 11.5. The zero-order chi connectivity index (χ0) is 18.1. The Kier molecular flexibility index (Phi) is 10.1. The van der Waals surface area contributed by atoms with Crippen molar-refractivity contribution in [2.45, 2.75) is 30.7 Å². The highest BCUT2D eigenvalue weighted by Crippen LogP contribution is 2.14. The van der Waals surface area contributed by atoms with Crippen LogP contribution in [-0.4, -0.2) is 47.7 Å². The molecule has 26 heavy (non-hydrogen) atoms. The van der Waals surface area contributed by atoms with Crippen molar-refractivity contribution in [3.63, 3.8) is 0 Å². The van der Waals surface area contributed by atoms with Crippen LogP contribution >= 0.6 is 12.4 Å². The number of benzene rings is 1. The highest BCUT2D eigenvalue weighted by Gasteiger charge is 2.16. The maximum Gasteiger partial charge on any atom is 0.240 e. The van der Waals surface area contributed by atoms with Crippen LogP contribution in [0.15, 0.2) is 29.2 Å². The van der Waals surface area contributed by atoms with E-state index in [-0.39, 0.29) is 29.8 Å². The highest BCUT2D eigenvalue weighted by molar-refractivity contribution is 7.89. The van der Waals surface area contributed by atoms with Gasteiger partial charge in [0.2, 0.25) is 15.9 Å². The maximum atomic E-state index is 12.1. The summed E-state index contributed by atoms with van der Waals surface area (Å²) < 4.78 is 31.4. The smallest absolute Gasteiger partial charge is 0.240 e. The highest BCUT2D eigenvalue weighted by atomic mass is 35.5. The number of hydrogen-bond acceptors (Lipinski definition) is 5. The largest absolute Gasteiger partial charge is 0.383 e. The van der Waals surface area contributed by atoms with Crippen LogP contribution in [0.4, 0.5) is 0 Å². The van der Waals surface area contributed by atoms with Crippen LogP contribution in [0.3, 0.4) is 0 Å². The molecule has 1 aliphatic heterocycles. The topological polar surface area (TPSA) is 96.5 Å². The molecule has 1 aliphatic rings. The minimum Gasteiger partial charge on any atom is -0.383 e. The predicted molar refractivity (Wildman–Crippen MR) is 103 cm³/mol. The number of halogens is 1. The lowest BCUT2D eigenvalue weighted by Crippen LogP contribution is -2.27. The van der Waals surface area contributed by atoms with E-state index in [1.165, 1.54) is 7.11 Å². The minimum absolute atomic E-state index is 0. The summed E-state index contributed by atoms with van der Waals surface area (Å²) in [6.07, 6.45) is 2.58. The molecule has 3 N–H and O–H groups in total. The van der Waals surface area contributed by atoms with Gasteiger partial charge in [0, 0.05) is 26.6 Å². The van der Waals surface area contributed by atoms with Gasteiger partial charge in [0.25, 0.3) is 0 Å². The van der Waals surface area contributed by atoms with Gasteiger partial charge < -0.3 is 15.4 Å². The first-order chi connectivity index (χ1) is 12.0. The fourth-order valence-corrected chi connectivity index (χ4v) is 3.75. The van der Waals surface area contributed by atoms with Gasteiger partial charge >= 0.3 is 0 Å². The van der Waals surface area contributed by atoms with Crippen LogP contribution in [0.1, 0.15) is 24.8 Å². The molecule has 1 fully saturated rings. The molecule has 1 heterocycles. The normalized spacial score (nSPS) is 16.9. The Morgan fingerprint density at radius 3 is 2.65 bits per heavy atom. The van der Waals surface area contributed by atoms with Gasteiger partial charge in [-0.2, -0.15) is 0 Å². The third kappa shape index (κ3) is 7.59. The van der Waals surface area contributed by atoms with Crippen molar-refractivity contribution in [1.29, 1.82) is 0 Å². The molecule has 0 radical (unpaired) electrons. The van der Waals surface area contributed by atoms with E-state index in [4.69, 9.17) is 4.74 Å². The SMILES string of the molecule is COCCNS(=O)(=O)c1ccc(CNC(=O)CCC2CCNC2)cc1.Cl. The molecule has 2 rings (SSSR count). The Labute approximate surface area is 161 Å². The van der Waals surface area contributed by atoms with Crippen LogP contribution in [-0.2, 0) is 26.1 Å². The number of amides is 1. The maximum absolute atomic E-state index is 12.1. The molecule has 1 unspecified atom stereocenters. The third-order valence-corrected chi connectivity index (χ3v) is 5.74. The van der Waals surface area contributed by atoms with Crippen LogP contribution in [0, 0.1) is 5.92 Å². The first-order valence-corrected chi connectivity index (χ1v) is 10.0. The zero-order valence-corrected chi connectivity index (χ0v) is 16.6. The van der Waals surface area contributed by atoms with Crippen molar-refractivity contribution < 1.29 is 17.9 Å². The molecule has 1 aromatic carbocycles. The molecule has 1 aromatic rings. The molecule has 9 heteroatoms. The Bertz CT molecular complexity index is 646. The van der Waals surface area contributed by atoms with Crippen molar-refractivity contribution in [2.75, 3.05) is 33.4 Å². The number of ether oxygens (including phenoxy) is 1. The average molecular weight is 406 g/mol. The standard InChI is InChI=1S/C17H27N3O4S.ClH/c1-24-11-10-20-25(22,23)16-5-2-14(3-6-16)13-19-17(21)7-4-15-8-9-18-12-15;/h2-3,5-6,15,18,20H,4,7-13H2,1H3,(H,19,21);1H. The summed E-state index contributed by atoms with van der Waals surface area (Å²) in [5.74, 6) is 0.630. The molecule has 0 saturated carbocycles. The first-order valence-electron chi connectivity index (χ1n) is 8.56. The first kappa shape index (κ1) is 22.9. The van der Waals surface area contributed by atoms with Crippen LogP contribution in [0.5, 0.6) is 0 Å². The lowest BCUT2D eigenvalue weighted by Gasteiger charge is -2.10. The summed E-state index contributed by atoms with van der Waals surface area (Å²) in [4.78, 5) is 12.1. The average Bonchev–Trinajstić information content (AvgIpc) is 3.12. The molecule has 7 nitrogen and oxygen atoms in total. The van der Waals surface area contributed by atoms with Gasteiger partial charge in [-0.25, -0.2) is 13.1 Å². The summed E-state index contributed by atoms with van der Waals surface area (Å²) in [6.45, 7) is 3.00. The van der Waals surface area contributed by atoms with Gasteiger partial charge in [0.05, 0.1) is 11.5 Å². The molecule has 1 amide bonds. The summed E-state index contributed by atoms with van der Waals surface area (Å²) in [5, 5.41) is 6.18. The van der Waals surface area contributed by atoms with E-state index >= 15 is 0 Å². The van der Waals surface area contributed by atoms with E-state index in [0.29, 0.717) is 25.5 Å². The van der Waals surface area contributed by atoms with Gasteiger partial charge in [0.1, 0.15) is 0 Å². The monoisotopic (exact) mass is 405 g/mol. The van der Waals surface area contributed by atoms with Gasteiger partial charge in [0.15, 0.2) is 0 Å². The van der Waals surface area contributed by atoms with E-state index in [1.807, 2.05) is 0 Å². The predicted octanol–water partition coefficient (Wildman–Crippen LogP) is 1.04. The molecular weight excluding hydrogens is 378 g/mol. The summed E-state index contributed by atoms with van der Waals surface area (Å²) in [6, 6.07) is 6.51. The van der Waals surface area contributed by atoms with Crippen LogP contribution < -0.4 is 15.4 Å². The van der Waals surface area contributed by atoms with Crippen molar-refractivity contribution in [1.82, 2.24) is 15.4 Å². The number of hydrogen-bond donors (Lipinski definition) is 3.